The minimum Gasteiger partial charge on any atom is -0.473 e. The molecule has 140 valence electrons. The lowest BCUT2D eigenvalue weighted by molar-refractivity contribution is 0.223. The van der Waals surface area contributed by atoms with Gasteiger partial charge in [-0.2, -0.15) is 0 Å². The number of nitrogens with one attached hydrogen (secondary N) is 2. The lowest BCUT2D eigenvalue weighted by atomic mass is 9.85. The molecule has 0 aromatic heterocycles. The molecule has 26 heavy (non-hydrogen) atoms. The molecule has 2 rings (SSSR count). The topological polar surface area (TPSA) is 50.4 Å². The highest BCUT2D eigenvalue weighted by Gasteiger charge is 2.19. The van der Waals surface area contributed by atoms with E-state index >= 15 is 0 Å². The van der Waals surface area contributed by atoms with Crippen molar-refractivity contribution in [2.45, 2.75) is 39.5 Å². The molecule has 0 aliphatic heterocycles. The SMILES string of the molecule is Cc1ccc(OCNC(=O)NCCc2ccc(Br)cc2)c(C(C)(C)C)c1. The van der Waals surface area contributed by atoms with Gasteiger partial charge in [-0.3, -0.25) is 0 Å². The van der Waals surface area contributed by atoms with Gasteiger partial charge in [-0.1, -0.05) is 66.5 Å². The lowest BCUT2D eigenvalue weighted by Gasteiger charge is -2.23. The molecule has 2 aromatic rings. The van der Waals surface area contributed by atoms with Gasteiger partial charge in [0.25, 0.3) is 0 Å². The van der Waals surface area contributed by atoms with Gasteiger partial charge in [0, 0.05) is 11.0 Å². The van der Waals surface area contributed by atoms with Gasteiger partial charge in [0.05, 0.1) is 0 Å². The van der Waals surface area contributed by atoms with Gasteiger partial charge < -0.3 is 15.4 Å². The Morgan fingerprint density at radius 3 is 2.42 bits per heavy atom. The Morgan fingerprint density at radius 2 is 1.77 bits per heavy atom. The number of benzene rings is 2. The molecule has 0 atom stereocenters. The Kier molecular flexibility index (Phi) is 7.09. The number of aryl methyl sites for hydroxylation is 1. The maximum Gasteiger partial charge on any atom is 0.317 e. The zero-order valence-corrected chi connectivity index (χ0v) is 17.4. The van der Waals surface area contributed by atoms with Crippen molar-refractivity contribution in [3.05, 3.63) is 63.6 Å². The van der Waals surface area contributed by atoms with Crippen LogP contribution < -0.4 is 15.4 Å². The summed E-state index contributed by atoms with van der Waals surface area (Å²) < 4.78 is 6.84. The molecule has 0 aliphatic rings. The van der Waals surface area contributed by atoms with E-state index in [1.54, 1.807) is 0 Å². The first-order chi connectivity index (χ1) is 12.3. The van der Waals surface area contributed by atoms with E-state index in [0.29, 0.717) is 6.54 Å². The average Bonchev–Trinajstić information content (AvgIpc) is 2.57. The normalized spacial score (nSPS) is 11.1. The highest BCUT2D eigenvalue weighted by atomic mass is 79.9. The molecule has 0 bridgehead atoms. The van der Waals surface area contributed by atoms with Crippen molar-refractivity contribution >= 4 is 22.0 Å². The van der Waals surface area contributed by atoms with Crippen molar-refractivity contribution in [3.63, 3.8) is 0 Å². The van der Waals surface area contributed by atoms with Crippen LogP contribution in [0.1, 0.15) is 37.5 Å². The van der Waals surface area contributed by atoms with Crippen molar-refractivity contribution in [2.24, 2.45) is 0 Å². The van der Waals surface area contributed by atoms with Crippen LogP contribution in [-0.2, 0) is 11.8 Å². The Balaban J connectivity index is 1.77. The van der Waals surface area contributed by atoms with E-state index in [1.807, 2.05) is 36.4 Å². The maximum absolute atomic E-state index is 11.9. The van der Waals surface area contributed by atoms with Gasteiger partial charge in [-0.05, 0) is 48.1 Å². The summed E-state index contributed by atoms with van der Waals surface area (Å²) in [6.07, 6.45) is 0.785. The van der Waals surface area contributed by atoms with Crippen molar-refractivity contribution in [1.82, 2.24) is 10.6 Å². The molecule has 5 heteroatoms. The summed E-state index contributed by atoms with van der Waals surface area (Å²) in [5.74, 6) is 0.804. The molecule has 2 N–H and O–H groups in total. The molecular formula is C21H27BrN2O2. The van der Waals surface area contributed by atoms with Gasteiger partial charge in [-0.25, -0.2) is 4.79 Å². The Labute approximate surface area is 164 Å². The van der Waals surface area contributed by atoms with E-state index in [0.717, 1.165) is 22.2 Å². The van der Waals surface area contributed by atoms with Gasteiger partial charge in [0.1, 0.15) is 5.75 Å². The van der Waals surface area contributed by atoms with Gasteiger partial charge in [0.2, 0.25) is 0 Å². The highest BCUT2D eigenvalue weighted by Crippen LogP contribution is 2.31. The van der Waals surface area contributed by atoms with Crippen LogP contribution in [0.2, 0.25) is 0 Å². The fraction of sp³-hybridized carbons (Fsp3) is 0.381. The van der Waals surface area contributed by atoms with Crippen LogP contribution in [0.25, 0.3) is 0 Å². The van der Waals surface area contributed by atoms with E-state index in [2.05, 4.69) is 60.3 Å². The minimum absolute atomic E-state index is 0.0196. The largest absolute Gasteiger partial charge is 0.473 e. The zero-order valence-electron chi connectivity index (χ0n) is 15.9. The summed E-state index contributed by atoms with van der Waals surface area (Å²) in [4.78, 5) is 11.9. The second kappa shape index (κ2) is 9.08. The van der Waals surface area contributed by atoms with Crippen LogP contribution in [0.4, 0.5) is 4.79 Å². The second-order valence-electron chi connectivity index (χ2n) is 7.35. The quantitative estimate of drug-likeness (QED) is 0.653. The molecule has 0 heterocycles. The smallest absolute Gasteiger partial charge is 0.317 e. The number of hydrogen-bond donors (Lipinski definition) is 2. The van der Waals surface area contributed by atoms with Crippen LogP contribution in [-0.4, -0.2) is 19.3 Å². The van der Waals surface area contributed by atoms with Crippen LogP contribution in [0.15, 0.2) is 46.9 Å². The number of halogens is 1. The third-order valence-corrected chi connectivity index (χ3v) is 4.54. The molecule has 0 radical (unpaired) electrons. The number of urea groups is 1. The average molecular weight is 419 g/mol. The number of carbonyl (C=O) groups is 1. The first-order valence-electron chi connectivity index (χ1n) is 8.76. The summed E-state index contributed by atoms with van der Waals surface area (Å²) in [5, 5.41) is 5.58. The molecule has 0 spiro atoms. The molecule has 0 aliphatic carbocycles. The van der Waals surface area contributed by atoms with E-state index in [-0.39, 0.29) is 18.2 Å². The first-order valence-corrected chi connectivity index (χ1v) is 9.55. The highest BCUT2D eigenvalue weighted by molar-refractivity contribution is 9.10. The summed E-state index contributed by atoms with van der Waals surface area (Å²) in [6, 6.07) is 14.0. The fourth-order valence-corrected chi connectivity index (χ4v) is 2.83. The fourth-order valence-electron chi connectivity index (χ4n) is 2.57. The molecule has 0 saturated carbocycles. The third kappa shape index (κ3) is 6.37. The summed E-state index contributed by atoms with van der Waals surface area (Å²) in [7, 11) is 0. The molecule has 4 nitrogen and oxygen atoms in total. The molecule has 2 aromatic carbocycles. The Bertz CT molecular complexity index is 737. The predicted molar refractivity (Wildman–Crippen MR) is 110 cm³/mol. The lowest BCUT2D eigenvalue weighted by Crippen LogP contribution is -2.38. The molecule has 0 fully saturated rings. The third-order valence-electron chi connectivity index (χ3n) is 4.02. The first kappa shape index (κ1) is 20.3. The van der Waals surface area contributed by atoms with E-state index < -0.39 is 0 Å². The molecule has 2 amide bonds. The van der Waals surface area contributed by atoms with Gasteiger partial charge in [0.15, 0.2) is 6.73 Å². The standard InChI is InChI=1S/C21H27BrN2O2/c1-15-5-10-19(18(13-15)21(2,3)4)26-14-24-20(25)23-12-11-16-6-8-17(22)9-7-16/h5-10,13H,11-12,14H2,1-4H3,(H2,23,24,25). The van der Waals surface area contributed by atoms with Gasteiger partial charge in [-0.15, -0.1) is 0 Å². The van der Waals surface area contributed by atoms with E-state index in [4.69, 9.17) is 4.74 Å². The molecule has 0 saturated heterocycles. The minimum atomic E-state index is -0.230. The Hall–Kier alpha value is -2.01. The van der Waals surface area contributed by atoms with Crippen LogP contribution in [0.5, 0.6) is 5.75 Å². The molecular weight excluding hydrogens is 392 g/mol. The summed E-state index contributed by atoms with van der Waals surface area (Å²) >= 11 is 3.41. The molecule has 0 unspecified atom stereocenters. The summed E-state index contributed by atoms with van der Waals surface area (Å²) in [5.41, 5.74) is 3.49. The maximum atomic E-state index is 11.9. The van der Waals surface area contributed by atoms with Gasteiger partial charge >= 0.3 is 6.03 Å². The number of carbonyl (C=O) groups excluding carboxylic acids is 1. The van der Waals surface area contributed by atoms with E-state index in [9.17, 15) is 4.79 Å². The van der Waals surface area contributed by atoms with Crippen molar-refractivity contribution in [3.8, 4) is 5.75 Å². The van der Waals surface area contributed by atoms with Crippen LogP contribution >= 0.6 is 15.9 Å². The zero-order chi connectivity index (χ0) is 19.2. The monoisotopic (exact) mass is 418 g/mol. The van der Waals surface area contributed by atoms with Crippen molar-refractivity contribution < 1.29 is 9.53 Å². The number of amides is 2. The predicted octanol–water partition coefficient (Wildman–Crippen LogP) is 4.93. The second-order valence-corrected chi connectivity index (χ2v) is 8.26. The Morgan fingerprint density at radius 1 is 1.08 bits per heavy atom. The van der Waals surface area contributed by atoms with Crippen molar-refractivity contribution in [2.75, 3.05) is 13.3 Å². The number of rotatable bonds is 6. The van der Waals surface area contributed by atoms with Crippen LogP contribution in [0, 0.1) is 6.92 Å². The van der Waals surface area contributed by atoms with Crippen molar-refractivity contribution in [1.29, 1.82) is 0 Å². The summed E-state index contributed by atoms with van der Waals surface area (Å²) in [6.45, 7) is 9.22. The number of hydrogen-bond acceptors (Lipinski definition) is 2. The number of ether oxygens (including phenoxy) is 1. The van der Waals surface area contributed by atoms with E-state index in [1.165, 1.54) is 11.1 Å². The van der Waals surface area contributed by atoms with Crippen LogP contribution in [0.3, 0.4) is 0 Å².